The van der Waals surface area contributed by atoms with E-state index in [1.165, 1.54) is 0 Å². The van der Waals surface area contributed by atoms with Crippen LogP contribution in [0.3, 0.4) is 0 Å². The highest BCUT2D eigenvalue weighted by atomic mass is 19.4. The molecule has 0 aromatic carbocycles. The second-order valence-electron chi connectivity index (χ2n) is 4.99. The number of nitrogens with one attached hydrogen (secondary N) is 1. The average molecular weight is 263 g/mol. The van der Waals surface area contributed by atoms with Gasteiger partial charge in [0.15, 0.2) is 0 Å². The number of hydrogen-bond donors (Lipinski definition) is 1. The third-order valence-electron chi connectivity index (χ3n) is 3.26. The van der Waals surface area contributed by atoms with Gasteiger partial charge in [-0.25, -0.2) is 0 Å². The standard InChI is InChI=1S/C12H20F3N3/c1-3-17-11(8-16,10-4-5-10)9-18(2)7-6-12(13,14)15/h10,17H,3-7,9H2,1-2H3. The lowest BCUT2D eigenvalue weighted by atomic mass is 9.94. The van der Waals surface area contributed by atoms with Crippen molar-refractivity contribution < 1.29 is 13.2 Å². The van der Waals surface area contributed by atoms with Crippen LogP contribution in [0.5, 0.6) is 0 Å². The molecule has 0 aromatic heterocycles. The first-order valence-corrected chi connectivity index (χ1v) is 6.24. The lowest BCUT2D eigenvalue weighted by Gasteiger charge is -2.32. The zero-order chi connectivity index (χ0) is 13.8. The molecule has 0 spiro atoms. The van der Waals surface area contributed by atoms with E-state index in [4.69, 9.17) is 0 Å². The van der Waals surface area contributed by atoms with Crippen LogP contribution in [0, 0.1) is 17.2 Å². The van der Waals surface area contributed by atoms with Crippen LogP contribution in [0.25, 0.3) is 0 Å². The molecule has 0 bridgehead atoms. The second kappa shape index (κ2) is 5.89. The van der Waals surface area contributed by atoms with Gasteiger partial charge < -0.3 is 4.90 Å². The highest BCUT2D eigenvalue weighted by Crippen LogP contribution is 2.39. The highest BCUT2D eigenvalue weighted by Gasteiger charge is 2.46. The van der Waals surface area contributed by atoms with Gasteiger partial charge in [0.05, 0.1) is 12.5 Å². The molecule has 1 atom stereocenters. The molecule has 1 N–H and O–H groups in total. The third kappa shape index (κ3) is 4.46. The fourth-order valence-corrected chi connectivity index (χ4v) is 2.21. The van der Waals surface area contributed by atoms with Gasteiger partial charge in [0, 0.05) is 13.1 Å². The van der Waals surface area contributed by atoms with E-state index in [0.29, 0.717) is 13.1 Å². The van der Waals surface area contributed by atoms with Crippen LogP contribution >= 0.6 is 0 Å². The first-order chi connectivity index (χ1) is 8.33. The van der Waals surface area contributed by atoms with Crippen LogP contribution in [-0.2, 0) is 0 Å². The molecule has 1 aliphatic rings. The molecule has 0 saturated heterocycles. The molecule has 1 unspecified atom stereocenters. The number of hydrogen-bond acceptors (Lipinski definition) is 3. The van der Waals surface area contributed by atoms with Crippen molar-refractivity contribution >= 4 is 0 Å². The monoisotopic (exact) mass is 263 g/mol. The summed E-state index contributed by atoms with van der Waals surface area (Å²) in [5, 5.41) is 12.5. The molecule has 1 rings (SSSR count). The summed E-state index contributed by atoms with van der Waals surface area (Å²) in [5.41, 5.74) is -0.685. The summed E-state index contributed by atoms with van der Waals surface area (Å²) in [6.07, 6.45) is -3.01. The van der Waals surface area contributed by atoms with E-state index in [0.717, 1.165) is 12.8 Å². The fourth-order valence-electron chi connectivity index (χ4n) is 2.21. The molecular formula is C12H20F3N3. The van der Waals surface area contributed by atoms with Crippen LogP contribution in [-0.4, -0.2) is 43.3 Å². The Hall–Kier alpha value is -0.800. The molecule has 1 saturated carbocycles. The lowest BCUT2D eigenvalue weighted by Crippen LogP contribution is -2.54. The molecule has 18 heavy (non-hydrogen) atoms. The van der Waals surface area contributed by atoms with Crippen LogP contribution in [0.15, 0.2) is 0 Å². The maximum Gasteiger partial charge on any atom is 0.390 e. The number of alkyl halides is 3. The lowest BCUT2D eigenvalue weighted by molar-refractivity contribution is -0.137. The Morgan fingerprint density at radius 1 is 1.39 bits per heavy atom. The molecule has 1 aliphatic carbocycles. The normalized spacial score (nSPS) is 19.6. The topological polar surface area (TPSA) is 39.1 Å². The van der Waals surface area contributed by atoms with Crippen molar-refractivity contribution in [2.45, 2.75) is 37.9 Å². The molecule has 1 fully saturated rings. The zero-order valence-corrected chi connectivity index (χ0v) is 10.8. The van der Waals surface area contributed by atoms with E-state index in [1.807, 2.05) is 6.92 Å². The molecule has 104 valence electrons. The highest BCUT2D eigenvalue weighted by molar-refractivity contribution is 5.16. The van der Waals surface area contributed by atoms with Crippen molar-refractivity contribution in [2.24, 2.45) is 5.92 Å². The number of likely N-dealkylation sites (N-methyl/N-ethyl adjacent to an activating group) is 2. The van der Waals surface area contributed by atoms with Gasteiger partial charge in [-0.15, -0.1) is 0 Å². The van der Waals surface area contributed by atoms with Gasteiger partial charge in [0.1, 0.15) is 5.54 Å². The Balaban J connectivity index is 2.53. The van der Waals surface area contributed by atoms with Crippen LogP contribution in [0.4, 0.5) is 13.2 Å². The molecule has 0 aliphatic heterocycles. The van der Waals surface area contributed by atoms with E-state index >= 15 is 0 Å². The van der Waals surface area contributed by atoms with Crippen LogP contribution in [0.1, 0.15) is 26.2 Å². The SMILES string of the molecule is CCNC(C#N)(CN(C)CCC(F)(F)F)C1CC1. The van der Waals surface area contributed by atoms with Crippen molar-refractivity contribution in [1.29, 1.82) is 5.26 Å². The van der Waals surface area contributed by atoms with Crippen molar-refractivity contribution in [3.63, 3.8) is 0 Å². The van der Waals surface area contributed by atoms with E-state index < -0.39 is 18.1 Å². The summed E-state index contributed by atoms with van der Waals surface area (Å²) in [5.74, 6) is 0.274. The summed E-state index contributed by atoms with van der Waals surface area (Å²) in [7, 11) is 1.64. The van der Waals surface area contributed by atoms with Gasteiger partial charge in [-0.1, -0.05) is 6.92 Å². The van der Waals surface area contributed by atoms with Crippen molar-refractivity contribution in [3.8, 4) is 6.07 Å². The Morgan fingerprint density at radius 2 is 2.00 bits per heavy atom. The maximum absolute atomic E-state index is 12.1. The van der Waals surface area contributed by atoms with Gasteiger partial charge in [0.2, 0.25) is 0 Å². The molecular weight excluding hydrogens is 243 g/mol. The molecule has 0 radical (unpaired) electrons. The van der Waals surface area contributed by atoms with Crippen molar-refractivity contribution in [1.82, 2.24) is 10.2 Å². The molecule has 3 nitrogen and oxygen atoms in total. The number of nitriles is 1. The Labute approximate surface area is 106 Å². The van der Waals surface area contributed by atoms with Crippen LogP contribution in [0.2, 0.25) is 0 Å². The Bertz CT molecular complexity index is 307. The zero-order valence-electron chi connectivity index (χ0n) is 10.8. The summed E-state index contributed by atoms with van der Waals surface area (Å²) in [6, 6.07) is 2.27. The minimum atomic E-state index is -4.14. The van der Waals surface area contributed by atoms with Gasteiger partial charge in [0.25, 0.3) is 0 Å². The van der Waals surface area contributed by atoms with E-state index in [2.05, 4.69) is 11.4 Å². The molecule has 6 heteroatoms. The molecule has 0 heterocycles. The van der Waals surface area contributed by atoms with Crippen molar-refractivity contribution in [3.05, 3.63) is 0 Å². The second-order valence-corrected chi connectivity index (χ2v) is 4.99. The van der Waals surface area contributed by atoms with E-state index in [-0.39, 0.29) is 12.5 Å². The first kappa shape index (κ1) is 15.3. The smallest absolute Gasteiger partial charge is 0.303 e. The van der Waals surface area contributed by atoms with E-state index in [1.54, 1.807) is 11.9 Å². The third-order valence-corrected chi connectivity index (χ3v) is 3.26. The Kier molecular flexibility index (Phi) is 5.00. The van der Waals surface area contributed by atoms with Gasteiger partial charge >= 0.3 is 6.18 Å². The summed E-state index contributed by atoms with van der Waals surface area (Å²) in [6.45, 7) is 2.84. The first-order valence-electron chi connectivity index (χ1n) is 6.24. The number of nitrogens with zero attached hydrogens (tertiary/aromatic N) is 2. The largest absolute Gasteiger partial charge is 0.390 e. The van der Waals surface area contributed by atoms with Gasteiger partial charge in [-0.3, -0.25) is 5.32 Å². The summed E-state index contributed by atoms with van der Waals surface area (Å²) >= 11 is 0. The van der Waals surface area contributed by atoms with Gasteiger partial charge in [-0.2, -0.15) is 18.4 Å². The number of rotatable bonds is 7. The summed E-state index contributed by atoms with van der Waals surface area (Å²) in [4.78, 5) is 1.59. The number of halogens is 3. The maximum atomic E-state index is 12.1. The van der Waals surface area contributed by atoms with E-state index in [9.17, 15) is 18.4 Å². The quantitative estimate of drug-likeness (QED) is 0.765. The average Bonchev–Trinajstić information content (AvgIpc) is 3.09. The predicted octanol–water partition coefficient (Wildman–Crippen LogP) is 2.15. The molecule has 0 aromatic rings. The Morgan fingerprint density at radius 3 is 2.39 bits per heavy atom. The van der Waals surface area contributed by atoms with Gasteiger partial charge in [-0.05, 0) is 32.4 Å². The fraction of sp³-hybridized carbons (Fsp3) is 0.917. The predicted molar refractivity (Wildman–Crippen MR) is 62.9 cm³/mol. The minimum Gasteiger partial charge on any atom is -0.303 e. The minimum absolute atomic E-state index is 0.0644. The van der Waals surface area contributed by atoms with Crippen LogP contribution < -0.4 is 5.32 Å². The van der Waals surface area contributed by atoms with Crippen molar-refractivity contribution in [2.75, 3.05) is 26.7 Å². The summed E-state index contributed by atoms with van der Waals surface area (Å²) < 4.78 is 36.4. The molecule has 0 amide bonds.